The van der Waals surface area contributed by atoms with Crippen LogP contribution in [0.1, 0.15) is 34.3 Å². The molecule has 1 heterocycles. The molecule has 3 rings (SSSR count). The van der Waals surface area contributed by atoms with Gasteiger partial charge in [0.1, 0.15) is 5.78 Å². The topological polar surface area (TPSA) is 37.4 Å². The van der Waals surface area contributed by atoms with Gasteiger partial charge in [0.2, 0.25) is 0 Å². The third-order valence-corrected chi connectivity index (χ3v) is 4.89. The summed E-state index contributed by atoms with van der Waals surface area (Å²) in [7, 11) is 0. The number of halogens is 2. The molecule has 0 saturated carbocycles. The molecule has 0 aliphatic carbocycles. The van der Waals surface area contributed by atoms with E-state index in [0.717, 1.165) is 5.56 Å². The third-order valence-electron chi connectivity index (χ3n) is 4.89. The second kappa shape index (κ2) is 7.77. The van der Waals surface area contributed by atoms with E-state index in [1.54, 1.807) is 0 Å². The molecule has 1 fully saturated rings. The van der Waals surface area contributed by atoms with Crippen LogP contribution in [-0.4, -0.2) is 29.7 Å². The number of likely N-dealkylation sites (tertiary alicyclic amines) is 1. The zero-order chi connectivity index (χ0) is 18.7. The molecule has 2 aromatic carbocycles. The van der Waals surface area contributed by atoms with Gasteiger partial charge in [-0.25, -0.2) is 8.78 Å². The summed E-state index contributed by atoms with van der Waals surface area (Å²) < 4.78 is 27.9. The molecular weight excluding hydrogens is 336 g/mol. The summed E-state index contributed by atoms with van der Waals surface area (Å²) in [4.78, 5) is 26.6. The number of rotatable bonds is 4. The van der Waals surface area contributed by atoms with E-state index in [0.29, 0.717) is 25.8 Å². The first-order valence-electron chi connectivity index (χ1n) is 8.78. The Kier molecular flexibility index (Phi) is 5.45. The molecule has 0 aromatic heterocycles. The summed E-state index contributed by atoms with van der Waals surface area (Å²) in [5.74, 6) is -2.87. The molecule has 136 valence electrons. The molecule has 0 radical (unpaired) electrons. The van der Waals surface area contributed by atoms with Crippen molar-refractivity contribution in [2.24, 2.45) is 5.92 Å². The third kappa shape index (κ3) is 3.82. The van der Waals surface area contributed by atoms with Crippen molar-refractivity contribution >= 4 is 11.7 Å². The molecule has 0 spiro atoms. The van der Waals surface area contributed by atoms with Crippen molar-refractivity contribution in [3.8, 4) is 0 Å². The van der Waals surface area contributed by atoms with E-state index >= 15 is 0 Å². The van der Waals surface area contributed by atoms with Crippen molar-refractivity contribution < 1.29 is 18.4 Å². The Balaban J connectivity index is 1.71. The predicted molar refractivity (Wildman–Crippen MR) is 94.9 cm³/mol. The van der Waals surface area contributed by atoms with Crippen molar-refractivity contribution in [2.75, 3.05) is 13.1 Å². The number of amides is 1. The zero-order valence-electron chi connectivity index (χ0n) is 14.7. The molecule has 0 bridgehead atoms. The number of carbonyl (C=O) groups excluding carboxylic acids is 2. The maximum Gasteiger partial charge on any atom is 0.256 e. The Labute approximate surface area is 151 Å². The van der Waals surface area contributed by atoms with E-state index in [1.807, 2.05) is 30.3 Å². The lowest BCUT2D eigenvalue weighted by molar-refractivity contribution is -0.123. The number of Topliss-reactive ketones (excluding diaryl/α,β-unsaturated/α-hetero) is 1. The maximum atomic E-state index is 14.1. The van der Waals surface area contributed by atoms with E-state index in [2.05, 4.69) is 0 Å². The van der Waals surface area contributed by atoms with Gasteiger partial charge in [0.15, 0.2) is 11.6 Å². The fourth-order valence-corrected chi connectivity index (χ4v) is 3.35. The Hall–Kier alpha value is -2.56. The number of benzene rings is 2. The summed E-state index contributed by atoms with van der Waals surface area (Å²) in [6.07, 6.45) is 1.70. The summed E-state index contributed by atoms with van der Waals surface area (Å²) in [6.45, 7) is 2.15. The fraction of sp³-hybridized carbons (Fsp3) is 0.333. The molecule has 2 aromatic rings. The van der Waals surface area contributed by atoms with Crippen LogP contribution >= 0.6 is 0 Å². The van der Waals surface area contributed by atoms with Gasteiger partial charge >= 0.3 is 0 Å². The summed E-state index contributed by atoms with van der Waals surface area (Å²) in [5, 5.41) is 0. The lowest BCUT2D eigenvalue weighted by Gasteiger charge is -2.32. The monoisotopic (exact) mass is 357 g/mol. The average molecular weight is 357 g/mol. The average Bonchev–Trinajstić information content (AvgIpc) is 2.66. The minimum atomic E-state index is -1.12. The van der Waals surface area contributed by atoms with Crippen LogP contribution in [0, 0.1) is 24.5 Å². The van der Waals surface area contributed by atoms with Crippen LogP contribution in [0.25, 0.3) is 0 Å². The number of nitrogens with zero attached hydrogens (tertiary/aromatic N) is 1. The van der Waals surface area contributed by atoms with Crippen molar-refractivity contribution in [1.82, 2.24) is 4.90 Å². The van der Waals surface area contributed by atoms with Gasteiger partial charge in [-0.1, -0.05) is 36.4 Å². The highest BCUT2D eigenvalue weighted by Gasteiger charge is 2.30. The quantitative estimate of drug-likeness (QED) is 0.831. The predicted octanol–water partition coefficient (Wildman–Crippen LogP) is 3.94. The molecule has 3 nitrogen and oxygen atoms in total. The minimum absolute atomic E-state index is 0.0734. The van der Waals surface area contributed by atoms with Crippen LogP contribution < -0.4 is 0 Å². The molecule has 1 saturated heterocycles. The van der Waals surface area contributed by atoms with E-state index in [1.165, 1.54) is 24.0 Å². The van der Waals surface area contributed by atoms with Gasteiger partial charge in [0, 0.05) is 25.4 Å². The first-order chi connectivity index (χ1) is 12.5. The second-order valence-electron chi connectivity index (χ2n) is 6.78. The summed E-state index contributed by atoms with van der Waals surface area (Å²) >= 11 is 0. The molecule has 1 aliphatic rings. The van der Waals surface area contributed by atoms with Gasteiger partial charge < -0.3 is 4.90 Å². The highest BCUT2D eigenvalue weighted by Crippen LogP contribution is 2.23. The van der Waals surface area contributed by atoms with Crippen LogP contribution in [-0.2, 0) is 11.2 Å². The SMILES string of the molecule is Cc1ccc(C(=O)N2CCC[C@@H](C(=O)Cc3ccccc3)C2)c(F)c1F. The maximum absolute atomic E-state index is 14.1. The number of carbonyl (C=O) groups is 2. The molecule has 26 heavy (non-hydrogen) atoms. The Bertz CT molecular complexity index is 820. The number of ketones is 1. The number of piperidine rings is 1. The van der Waals surface area contributed by atoms with Crippen LogP contribution in [0.15, 0.2) is 42.5 Å². The van der Waals surface area contributed by atoms with Crippen LogP contribution in [0.4, 0.5) is 8.78 Å². The number of aryl methyl sites for hydroxylation is 1. The van der Waals surface area contributed by atoms with E-state index < -0.39 is 17.5 Å². The van der Waals surface area contributed by atoms with E-state index in [-0.39, 0.29) is 29.4 Å². The number of hydrogen-bond donors (Lipinski definition) is 0. The first kappa shape index (κ1) is 18.2. The van der Waals surface area contributed by atoms with Crippen LogP contribution in [0.3, 0.4) is 0 Å². The van der Waals surface area contributed by atoms with Gasteiger partial charge in [-0.15, -0.1) is 0 Å². The van der Waals surface area contributed by atoms with Crippen molar-refractivity contribution in [2.45, 2.75) is 26.2 Å². The lowest BCUT2D eigenvalue weighted by atomic mass is 9.90. The van der Waals surface area contributed by atoms with E-state index in [4.69, 9.17) is 0 Å². The summed E-state index contributed by atoms with van der Waals surface area (Å²) in [5.41, 5.74) is 0.825. The summed E-state index contributed by atoms with van der Waals surface area (Å²) in [6, 6.07) is 12.2. The Morgan fingerprint density at radius 3 is 2.54 bits per heavy atom. The zero-order valence-corrected chi connectivity index (χ0v) is 14.7. The Morgan fingerprint density at radius 2 is 1.81 bits per heavy atom. The minimum Gasteiger partial charge on any atom is -0.338 e. The van der Waals surface area contributed by atoms with Gasteiger partial charge in [0.25, 0.3) is 5.91 Å². The second-order valence-corrected chi connectivity index (χ2v) is 6.78. The molecule has 1 amide bonds. The number of hydrogen-bond acceptors (Lipinski definition) is 2. The normalized spacial score (nSPS) is 17.2. The van der Waals surface area contributed by atoms with Crippen molar-refractivity contribution in [3.05, 3.63) is 70.8 Å². The van der Waals surface area contributed by atoms with Crippen LogP contribution in [0.2, 0.25) is 0 Å². The fourth-order valence-electron chi connectivity index (χ4n) is 3.35. The molecule has 0 N–H and O–H groups in total. The first-order valence-corrected chi connectivity index (χ1v) is 8.78. The highest BCUT2D eigenvalue weighted by atomic mass is 19.2. The van der Waals surface area contributed by atoms with Gasteiger partial charge in [-0.3, -0.25) is 9.59 Å². The van der Waals surface area contributed by atoms with E-state index in [9.17, 15) is 18.4 Å². The Morgan fingerprint density at radius 1 is 1.08 bits per heavy atom. The van der Waals surface area contributed by atoms with Crippen molar-refractivity contribution in [1.29, 1.82) is 0 Å². The highest BCUT2D eigenvalue weighted by molar-refractivity contribution is 5.95. The molecule has 1 atom stereocenters. The lowest BCUT2D eigenvalue weighted by Crippen LogP contribution is -2.43. The molecular formula is C21H21F2NO2. The molecule has 0 unspecified atom stereocenters. The molecule has 5 heteroatoms. The smallest absolute Gasteiger partial charge is 0.256 e. The molecule has 1 aliphatic heterocycles. The standard InChI is InChI=1S/C21H21F2NO2/c1-14-9-10-17(20(23)19(14)22)21(26)24-11-5-8-16(13-24)18(25)12-15-6-3-2-4-7-15/h2-4,6-7,9-10,16H,5,8,11-13H2,1H3/t16-/m1/s1. The van der Waals surface area contributed by atoms with Gasteiger partial charge in [-0.2, -0.15) is 0 Å². The van der Waals surface area contributed by atoms with Gasteiger partial charge in [0.05, 0.1) is 5.56 Å². The van der Waals surface area contributed by atoms with Crippen LogP contribution in [0.5, 0.6) is 0 Å². The van der Waals surface area contributed by atoms with Gasteiger partial charge in [-0.05, 0) is 37.0 Å². The largest absolute Gasteiger partial charge is 0.338 e. The van der Waals surface area contributed by atoms with Crippen molar-refractivity contribution in [3.63, 3.8) is 0 Å².